The van der Waals surface area contributed by atoms with Gasteiger partial charge in [-0.25, -0.2) is 0 Å². The Morgan fingerprint density at radius 2 is 2.00 bits per heavy atom. The van der Waals surface area contributed by atoms with Gasteiger partial charge >= 0.3 is 5.97 Å². The Morgan fingerprint density at radius 1 is 1.27 bits per heavy atom. The fourth-order valence-corrected chi connectivity index (χ4v) is 8.11. The fraction of sp³-hybridized carbons (Fsp3) is 0.840. The summed E-state index contributed by atoms with van der Waals surface area (Å²) in [6.07, 6.45) is 6.86. The second-order valence-electron chi connectivity index (χ2n) is 11.0. The highest BCUT2D eigenvalue weighted by Gasteiger charge is 2.64. The van der Waals surface area contributed by atoms with Crippen molar-refractivity contribution >= 4 is 11.8 Å². The number of methoxy groups -OCH3 is 1. The maximum atomic E-state index is 12.0. The number of hydrogen-bond acceptors (Lipinski definition) is 5. The van der Waals surface area contributed by atoms with Gasteiger partial charge in [0.15, 0.2) is 5.78 Å². The molecule has 5 nitrogen and oxygen atoms in total. The number of fused-ring (bicyclic) bond motifs is 5. The lowest BCUT2D eigenvalue weighted by Gasteiger charge is -2.61. The summed E-state index contributed by atoms with van der Waals surface area (Å²) in [6.45, 7) is 6.69. The van der Waals surface area contributed by atoms with E-state index in [1.807, 2.05) is 0 Å². The molecule has 0 aromatic rings. The van der Waals surface area contributed by atoms with Gasteiger partial charge in [-0.3, -0.25) is 9.59 Å². The monoisotopic (exact) mass is 418 g/mol. The third-order valence-electron chi connectivity index (χ3n) is 9.88. The number of carbonyl (C=O) groups excluding carboxylic acids is 2. The van der Waals surface area contributed by atoms with Crippen LogP contribution >= 0.6 is 0 Å². The molecular weight excluding hydrogens is 380 g/mol. The molecule has 0 aromatic heterocycles. The van der Waals surface area contributed by atoms with E-state index in [-0.39, 0.29) is 40.3 Å². The van der Waals surface area contributed by atoms with E-state index in [1.54, 1.807) is 6.08 Å². The third-order valence-corrected chi connectivity index (χ3v) is 9.88. The lowest BCUT2D eigenvalue weighted by atomic mass is 9.45. The van der Waals surface area contributed by atoms with Crippen LogP contribution in [0.2, 0.25) is 0 Å². The summed E-state index contributed by atoms with van der Waals surface area (Å²) in [5.41, 5.74) is 0.776. The summed E-state index contributed by atoms with van der Waals surface area (Å²) in [6, 6.07) is 0. The predicted molar refractivity (Wildman–Crippen MR) is 113 cm³/mol. The van der Waals surface area contributed by atoms with Crippen molar-refractivity contribution in [1.29, 1.82) is 0 Å². The molecule has 0 spiro atoms. The van der Waals surface area contributed by atoms with Crippen molar-refractivity contribution in [3.8, 4) is 0 Å². The van der Waals surface area contributed by atoms with Crippen molar-refractivity contribution in [2.24, 2.45) is 40.4 Å². The Bertz CT molecular complexity index is 744. The lowest BCUT2D eigenvalue weighted by Crippen LogP contribution is -2.60. The van der Waals surface area contributed by atoms with Crippen LogP contribution in [0.4, 0.5) is 0 Å². The van der Waals surface area contributed by atoms with Crippen LogP contribution in [0.15, 0.2) is 11.6 Å². The van der Waals surface area contributed by atoms with E-state index in [0.717, 1.165) is 31.3 Å². The minimum Gasteiger partial charge on any atom is -0.469 e. The third kappa shape index (κ3) is 3.19. The maximum absolute atomic E-state index is 12.0. The Morgan fingerprint density at radius 3 is 2.70 bits per heavy atom. The minimum atomic E-state index is -0.443. The summed E-state index contributed by atoms with van der Waals surface area (Å²) in [5.74, 6) is 1.34. The first kappa shape index (κ1) is 22.0. The number of esters is 1. The first-order chi connectivity index (χ1) is 14.1. The highest BCUT2D eigenvalue weighted by Crippen LogP contribution is 2.67. The summed E-state index contributed by atoms with van der Waals surface area (Å²) in [5, 5.41) is 22.7. The molecule has 30 heavy (non-hydrogen) atoms. The highest BCUT2D eigenvalue weighted by molar-refractivity contribution is 5.91. The number of carbonyl (C=O) groups is 2. The second kappa shape index (κ2) is 7.74. The van der Waals surface area contributed by atoms with Crippen LogP contribution in [-0.4, -0.2) is 41.3 Å². The van der Waals surface area contributed by atoms with Crippen LogP contribution in [-0.2, 0) is 14.3 Å². The zero-order valence-corrected chi connectivity index (χ0v) is 18.9. The van der Waals surface area contributed by atoms with Gasteiger partial charge in [0.2, 0.25) is 0 Å². The van der Waals surface area contributed by atoms with Gasteiger partial charge in [-0.2, -0.15) is 0 Å². The zero-order valence-electron chi connectivity index (χ0n) is 18.9. The topological polar surface area (TPSA) is 83.8 Å². The molecule has 4 rings (SSSR count). The van der Waals surface area contributed by atoms with Gasteiger partial charge in [-0.05, 0) is 85.0 Å². The van der Waals surface area contributed by atoms with Gasteiger partial charge in [0.1, 0.15) is 0 Å². The smallest absolute Gasteiger partial charge is 0.305 e. The number of ketones is 1. The van der Waals surface area contributed by atoms with Crippen molar-refractivity contribution in [3.05, 3.63) is 11.6 Å². The molecule has 4 aliphatic rings. The van der Waals surface area contributed by atoms with Crippen molar-refractivity contribution in [1.82, 2.24) is 0 Å². The van der Waals surface area contributed by atoms with E-state index in [0.29, 0.717) is 37.5 Å². The van der Waals surface area contributed by atoms with Crippen LogP contribution in [0.1, 0.15) is 72.1 Å². The normalized spacial score (nSPS) is 46.3. The van der Waals surface area contributed by atoms with Crippen molar-refractivity contribution in [3.63, 3.8) is 0 Å². The molecule has 0 heterocycles. The molecular formula is C25H38O5. The fourth-order valence-electron chi connectivity index (χ4n) is 8.11. The Kier molecular flexibility index (Phi) is 5.68. The highest BCUT2D eigenvalue weighted by atomic mass is 16.5. The van der Waals surface area contributed by atoms with Gasteiger partial charge in [-0.15, -0.1) is 0 Å². The van der Waals surface area contributed by atoms with E-state index in [9.17, 15) is 19.8 Å². The first-order valence-electron chi connectivity index (χ1n) is 11.8. The second-order valence-corrected chi connectivity index (χ2v) is 11.0. The first-order valence-corrected chi connectivity index (χ1v) is 11.8. The molecule has 5 heteroatoms. The Hall–Kier alpha value is -1.20. The molecule has 0 radical (unpaired) electrons. The number of aliphatic hydroxyl groups excluding tert-OH is 2. The Balaban J connectivity index is 1.61. The van der Waals surface area contributed by atoms with Crippen molar-refractivity contribution in [2.75, 3.05) is 7.11 Å². The molecule has 8 unspecified atom stereocenters. The molecule has 3 saturated carbocycles. The summed E-state index contributed by atoms with van der Waals surface area (Å²) >= 11 is 0. The van der Waals surface area contributed by atoms with E-state index in [1.165, 1.54) is 7.11 Å². The van der Waals surface area contributed by atoms with E-state index >= 15 is 0 Å². The summed E-state index contributed by atoms with van der Waals surface area (Å²) in [7, 11) is 1.43. The molecule has 168 valence electrons. The van der Waals surface area contributed by atoms with E-state index < -0.39 is 12.2 Å². The average molecular weight is 419 g/mol. The van der Waals surface area contributed by atoms with Gasteiger partial charge < -0.3 is 14.9 Å². The average Bonchev–Trinajstić information content (AvgIpc) is 3.06. The SMILES string of the molecule is COC(=O)CCC(C)C1CCC2C3C(O)CC4=CC(=O)CCC4(C)C3C[C@H](O)C12C. The summed E-state index contributed by atoms with van der Waals surface area (Å²) < 4.78 is 4.82. The molecule has 4 aliphatic carbocycles. The molecule has 0 aromatic carbocycles. The molecule has 0 aliphatic heterocycles. The van der Waals surface area contributed by atoms with E-state index in [4.69, 9.17) is 4.74 Å². The van der Waals surface area contributed by atoms with Gasteiger partial charge in [0, 0.05) is 12.8 Å². The number of rotatable bonds is 4. The van der Waals surface area contributed by atoms with Crippen molar-refractivity contribution < 1.29 is 24.5 Å². The van der Waals surface area contributed by atoms with Crippen LogP contribution in [0, 0.1) is 40.4 Å². The van der Waals surface area contributed by atoms with Crippen LogP contribution in [0.25, 0.3) is 0 Å². The number of aliphatic hydroxyl groups is 2. The molecule has 9 atom stereocenters. The molecule has 0 saturated heterocycles. The number of hydrogen-bond donors (Lipinski definition) is 2. The van der Waals surface area contributed by atoms with Crippen LogP contribution < -0.4 is 0 Å². The maximum Gasteiger partial charge on any atom is 0.305 e. The van der Waals surface area contributed by atoms with Crippen molar-refractivity contribution in [2.45, 2.75) is 84.3 Å². The summed E-state index contributed by atoms with van der Waals surface area (Å²) in [4.78, 5) is 23.7. The molecule has 0 amide bonds. The largest absolute Gasteiger partial charge is 0.469 e. The minimum absolute atomic E-state index is 0.0886. The standard InChI is InChI=1S/C25H38O5/c1-14(5-8-22(29)30-4)17-6-7-18-23-19(13-21(28)25(17,18)3)24(2)10-9-16(26)11-15(24)12-20(23)27/h11,14,17-21,23,27-28H,5-10,12-13H2,1-4H3/t14?,17?,18?,19?,20?,21-,23?,24?,25?/m0/s1. The zero-order chi connectivity index (χ0) is 21.8. The lowest BCUT2D eigenvalue weighted by molar-refractivity contribution is -0.168. The number of ether oxygens (including phenoxy) is 1. The van der Waals surface area contributed by atoms with Gasteiger partial charge in [0.25, 0.3) is 0 Å². The predicted octanol–water partition coefficient (Wildman–Crippen LogP) is 3.67. The van der Waals surface area contributed by atoms with Crippen LogP contribution in [0.3, 0.4) is 0 Å². The quantitative estimate of drug-likeness (QED) is 0.681. The Labute approximate surface area is 180 Å². The molecule has 0 bridgehead atoms. The van der Waals surface area contributed by atoms with E-state index in [2.05, 4.69) is 20.8 Å². The van der Waals surface area contributed by atoms with Gasteiger partial charge in [-0.1, -0.05) is 26.3 Å². The molecule has 3 fully saturated rings. The van der Waals surface area contributed by atoms with Crippen LogP contribution in [0.5, 0.6) is 0 Å². The van der Waals surface area contributed by atoms with Gasteiger partial charge in [0.05, 0.1) is 19.3 Å². The molecule has 2 N–H and O–H groups in total.